The van der Waals surface area contributed by atoms with Crippen LogP contribution in [0.3, 0.4) is 0 Å². The summed E-state index contributed by atoms with van der Waals surface area (Å²) in [5, 5.41) is 0. The van der Waals surface area contributed by atoms with E-state index in [-0.39, 0.29) is 0 Å². The lowest BCUT2D eigenvalue weighted by molar-refractivity contribution is 0.0527. The van der Waals surface area contributed by atoms with Crippen LogP contribution in [0.15, 0.2) is 18.2 Å². The molecular formula is C9H13N3O2. The summed E-state index contributed by atoms with van der Waals surface area (Å²) in [4.78, 5) is 11.4. The average molecular weight is 195 g/mol. The number of para-hydroxylation sites is 1. The highest BCUT2D eigenvalue weighted by Crippen LogP contribution is 2.22. The van der Waals surface area contributed by atoms with E-state index >= 15 is 0 Å². The van der Waals surface area contributed by atoms with Crippen molar-refractivity contribution >= 4 is 17.3 Å². The Hall–Kier alpha value is -1.75. The highest BCUT2D eigenvalue weighted by atomic mass is 16.5. The minimum Gasteiger partial charge on any atom is -0.462 e. The van der Waals surface area contributed by atoms with E-state index in [0.29, 0.717) is 23.5 Å². The number of benzene rings is 1. The van der Waals surface area contributed by atoms with Gasteiger partial charge in [0.1, 0.15) is 0 Å². The van der Waals surface area contributed by atoms with E-state index in [1.54, 1.807) is 25.1 Å². The Labute approximate surface area is 82.0 Å². The van der Waals surface area contributed by atoms with Crippen molar-refractivity contribution in [1.29, 1.82) is 0 Å². The van der Waals surface area contributed by atoms with Crippen LogP contribution in [-0.4, -0.2) is 12.6 Å². The lowest BCUT2D eigenvalue weighted by Gasteiger charge is -2.09. The Morgan fingerprint density at radius 1 is 1.57 bits per heavy atom. The Morgan fingerprint density at radius 3 is 2.86 bits per heavy atom. The summed E-state index contributed by atoms with van der Waals surface area (Å²) >= 11 is 0. The van der Waals surface area contributed by atoms with Crippen molar-refractivity contribution in [2.75, 3.05) is 17.8 Å². The third-order valence-corrected chi connectivity index (χ3v) is 1.74. The fraction of sp³-hybridized carbons (Fsp3) is 0.222. The van der Waals surface area contributed by atoms with E-state index in [1.165, 1.54) is 0 Å². The molecule has 5 heteroatoms. The summed E-state index contributed by atoms with van der Waals surface area (Å²) in [6.45, 7) is 2.05. The number of nitrogens with one attached hydrogen (secondary N) is 1. The molecule has 0 radical (unpaired) electrons. The molecule has 76 valence electrons. The van der Waals surface area contributed by atoms with Crippen molar-refractivity contribution in [1.82, 2.24) is 0 Å². The second-order valence-corrected chi connectivity index (χ2v) is 2.63. The zero-order valence-corrected chi connectivity index (χ0v) is 7.91. The largest absolute Gasteiger partial charge is 0.462 e. The van der Waals surface area contributed by atoms with Gasteiger partial charge in [0.15, 0.2) is 0 Å². The number of esters is 1. The third-order valence-electron chi connectivity index (χ3n) is 1.74. The summed E-state index contributed by atoms with van der Waals surface area (Å²) in [6, 6.07) is 4.92. The quantitative estimate of drug-likeness (QED) is 0.286. The van der Waals surface area contributed by atoms with Gasteiger partial charge in [-0.15, -0.1) is 0 Å². The third kappa shape index (κ3) is 1.94. The van der Waals surface area contributed by atoms with Gasteiger partial charge in [-0.3, -0.25) is 5.84 Å². The van der Waals surface area contributed by atoms with Crippen LogP contribution in [0.25, 0.3) is 0 Å². The van der Waals surface area contributed by atoms with Crippen LogP contribution in [0.5, 0.6) is 0 Å². The molecule has 5 nitrogen and oxygen atoms in total. The minimum absolute atomic E-state index is 0.317. The average Bonchev–Trinajstić information content (AvgIpc) is 2.17. The van der Waals surface area contributed by atoms with Gasteiger partial charge in [-0.25, -0.2) is 4.79 Å². The first-order valence-corrected chi connectivity index (χ1v) is 4.23. The predicted molar refractivity (Wildman–Crippen MR) is 54.6 cm³/mol. The number of hydrogen-bond acceptors (Lipinski definition) is 5. The monoisotopic (exact) mass is 195 g/mol. The normalized spacial score (nSPS) is 9.57. The van der Waals surface area contributed by atoms with Crippen LogP contribution in [-0.2, 0) is 4.74 Å². The van der Waals surface area contributed by atoms with Crippen LogP contribution in [0.1, 0.15) is 17.3 Å². The molecule has 0 aliphatic carbocycles. The first-order valence-electron chi connectivity index (χ1n) is 4.23. The van der Waals surface area contributed by atoms with E-state index in [0.717, 1.165) is 0 Å². The topological polar surface area (TPSA) is 90.4 Å². The molecule has 0 bridgehead atoms. The number of hydrogen-bond donors (Lipinski definition) is 3. The van der Waals surface area contributed by atoms with Gasteiger partial charge in [0.2, 0.25) is 0 Å². The maximum Gasteiger partial charge on any atom is 0.340 e. The summed E-state index contributed by atoms with van der Waals surface area (Å²) < 4.78 is 4.84. The van der Waals surface area contributed by atoms with E-state index < -0.39 is 5.97 Å². The van der Waals surface area contributed by atoms with Gasteiger partial charge in [-0.2, -0.15) is 0 Å². The highest BCUT2D eigenvalue weighted by molar-refractivity contribution is 5.98. The van der Waals surface area contributed by atoms with E-state index in [4.69, 9.17) is 16.3 Å². The molecule has 0 heterocycles. The molecule has 1 rings (SSSR count). The smallest absolute Gasteiger partial charge is 0.340 e. The molecule has 0 saturated heterocycles. The number of carbonyl (C=O) groups excluding carboxylic acids is 1. The molecule has 0 fully saturated rings. The molecule has 14 heavy (non-hydrogen) atoms. The zero-order valence-electron chi connectivity index (χ0n) is 7.91. The van der Waals surface area contributed by atoms with Crippen LogP contribution >= 0.6 is 0 Å². The van der Waals surface area contributed by atoms with Crippen molar-refractivity contribution < 1.29 is 9.53 Å². The fourth-order valence-electron chi connectivity index (χ4n) is 1.11. The van der Waals surface area contributed by atoms with Crippen molar-refractivity contribution in [3.8, 4) is 0 Å². The van der Waals surface area contributed by atoms with Gasteiger partial charge >= 0.3 is 5.97 Å². The first-order chi connectivity index (χ1) is 6.70. The molecular weight excluding hydrogens is 182 g/mol. The number of nitrogen functional groups attached to an aromatic ring is 2. The van der Waals surface area contributed by atoms with Gasteiger partial charge in [0, 0.05) is 0 Å². The summed E-state index contributed by atoms with van der Waals surface area (Å²) in [6.07, 6.45) is 0. The maximum atomic E-state index is 11.4. The maximum absolute atomic E-state index is 11.4. The zero-order chi connectivity index (χ0) is 10.6. The van der Waals surface area contributed by atoms with Gasteiger partial charge in [-0.05, 0) is 19.1 Å². The molecule has 0 aromatic heterocycles. The summed E-state index contributed by atoms with van der Waals surface area (Å²) in [7, 11) is 0. The highest BCUT2D eigenvalue weighted by Gasteiger charge is 2.13. The number of rotatable bonds is 3. The van der Waals surface area contributed by atoms with Crippen LogP contribution in [0.2, 0.25) is 0 Å². The molecule has 0 aliphatic rings. The summed E-state index contributed by atoms with van der Waals surface area (Å²) in [5.74, 6) is 4.81. The van der Waals surface area contributed by atoms with Gasteiger partial charge in [-0.1, -0.05) is 6.07 Å². The van der Waals surface area contributed by atoms with Crippen LogP contribution < -0.4 is 17.0 Å². The number of anilines is 2. The second-order valence-electron chi connectivity index (χ2n) is 2.63. The van der Waals surface area contributed by atoms with E-state index in [9.17, 15) is 4.79 Å². The van der Waals surface area contributed by atoms with Crippen LogP contribution in [0.4, 0.5) is 11.4 Å². The molecule has 0 amide bonds. The first kappa shape index (κ1) is 10.3. The van der Waals surface area contributed by atoms with Crippen LogP contribution in [0, 0.1) is 0 Å². The number of ether oxygens (including phenoxy) is 1. The number of carbonyl (C=O) groups is 1. The minimum atomic E-state index is -0.437. The van der Waals surface area contributed by atoms with Crippen molar-refractivity contribution in [3.63, 3.8) is 0 Å². The van der Waals surface area contributed by atoms with Gasteiger partial charge in [0.25, 0.3) is 0 Å². The van der Waals surface area contributed by atoms with E-state index in [1.807, 2.05) is 0 Å². The SMILES string of the molecule is CCOC(=O)c1cccc(N)c1NN. The molecule has 1 aromatic rings. The Bertz CT molecular complexity index is 339. The number of nitrogens with two attached hydrogens (primary N) is 2. The molecule has 0 atom stereocenters. The predicted octanol–water partition coefficient (Wildman–Crippen LogP) is 0.731. The molecule has 0 spiro atoms. The van der Waals surface area contributed by atoms with Crippen molar-refractivity contribution in [2.24, 2.45) is 5.84 Å². The standard InChI is InChI=1S/C9H13N3O2/c1-2-14-9(13)6-4-3-5-7(10)8(6)12-11/h3-5,12H,2,10-11H2,1H3. The Kier molecular flexibility index (Phi) is 3.30. The second kappa shape index (κ2) is 4.48. The molecule has 5 N–H and O–H groups in total. The van der Waals surface area contributed by atoms with Crippen molar-refractivity contribution in [2.45, 2.75) is 6.92 Å². The molecule has 0 saturated carbocycles. The lowest BCUT2D eigenvalue weighted by Crippen LogP contribution is -2.15. The molecule has 0 unspecified atom stereocenters. The number of hydrazine groups is 1. The van der Waals surface area contributed by atoms with Gasteiger partial charge < -0.3 is 15.9 Å². The van der Waals surface area contributed by atoms with Gasteiger partial charge in [0.05, 0.1) is 23.5 Å². The fourth-order valence-corrected chi connectivity index (χ4v) is 1.11. The molecule has 0 aliphatic heterocycles. The summed E-state index contributed by atoms with van der Waals surface area (Å²) in [5.41, 5.74) is 9.14. The van der Waals surface area contributed by atoms with E-state index in [2.05, 4.69) is 5.43 Å². The molecule has 1 aromatic carbocycles. The van der Waals surface area contributed by atoms with Crippen molar-refractivity contribution in [3.05, 3.63) is 23.8 Å². The lowest BCUT2D eigenvalue weighted by atomic mass is 10.1. The Morgan fingerprint density at radius 2 is 2.29 bits per heavy atom. The Balaban J connectivity index is 3.07.